The van der Waals surface area contributed by atoms with Crippen LogP contribution >= 0.6 is 0 Å². The number of aryl methyl sites for hydroxylation is 2. The monoisotopic (exact) mass is 403 g/mol. The Morgan fingerprint density at radius 2 is 1.86 bits per heavy atom. The quantitative estimate of drug-likeness (QED) is 0.658. The van der Waals surface area contributed by atoms with E-state index in [0.717, 1.165) is 4.68 Å². The summed E-state index contributed by atoms with van der Waals surface area (Å²) in [6, 6.07) is 10.6. The van der Waals surface area contributed by atoms with Crippen LogP contribution < -0.4 is 15.2 Å². The van der Waals surface area contributed by atoms with Crippen LogP contribution in [0, 0.1) is 0 Å². The number of halogens is 3. The van der Waals surface area contributed by atoms with Crippen molar-refractivity contribution in [2.75, 3.05) is 11.4 Å². The molecule has 1 aliphatic heterocycles. The minimum absolute atomic E-state index is 0.117. The Bertz CT molecular complexity index is 1170. The molecule has 0 spiro atoms. The summed E-state index contributed by atoms with van der Waals surface area (Å²) in [4.78, 5) is 27.1. The largest absolute Gasteiger partial charge is 0.573 e. The molecule has 2 heterocycles. The fourth-order valence-corrected chi connectivity index (χ4v) is 3.57. The maximum absolute atomic E-state index is 13.3. The third kappa shape index (κ3) is 3.55. The number of amides is 1. The first kappa shape index (κ1) is 19.0. The van der Waals surface area contributed by atoms with Crippen LogP contribution in [-0.4, -0.2) is 28.6 Å². The molecule has 0 saturated heterocycles. The summed E-state index contributed by atoms with van der Waals surface area (Å²) in [7, 11) is 1.47. The molecule has 0 atom stereocenters. The maximum Gasteiger partial charge on any atom is 0.573 e. The number of nitrogens with zero attached hydrogens (tertiary/aromatic N) is 3. The van der Waals surface area contributed by atoms with E-state index in [1.54, 1.807) is 24.3 Å². The molecule has 0 saturated carbocycles. The van der Waals surface area contributed by atoms with E-state index in [1.807, 2.05) is 0 Å². The zero-order chi connectivity index (χ0) is 20.8. The first-order chi connectivity index (χ1) is 13.7. The maximum atomic E-state index is 13.3. The van der Waals surface area contributed by atoms with Crippen molar-refractivity contribution in [2.24, 2.45) is 7.05 Å². The molecule has 9 heteroatoms. The fourth-order valence-electron chi connectivity index (χ4n) is 3.57. The lowest BCUT2D eigenvalue weighted by Crippen LogP contribution is -2.37. The van der Waals surface area contributed by atoms with Crippen LogP contribution in [0.2, 0.25) is 0 Å². The molecular weight excluding hydrogens is 387 g/mol. The van der Waals surface area contributed by atoms with Crippen molar-refractivity contribution < 1.29 is 22.7 Å². The molecule has 29 heavy (non-hydrogen) atoms. The van der Waals surface area contributed by atoms with Gasteiger partial charge in [0.2, 0.25) is 0 Å². The van der Waals surface area contributed by atoms with Gasteiger partial charge in [-0.1, -0.05) is 18.2 Å². The predicted octanol–water partition coefficient (Wildman–Crippen LogP) is 3.43. The van der Waals surface area contributed by atoms with E-state index in [-0.39, 0.29) is 17.0 Å². The topological polar surface area (TPSA) is 64.4 Å². The number of anilines is 1. The number of alkyl halides is 3. The van der Waals surface area contributed by atoms with E-state index in [4.69, 9.17) is 0 Å². The Hall–Kier alpha value is -3.36. The number of aromatic nitrogens is 2. The number of carbonyl (C=O) groups excluding carboxylic acids is 1. The molecule has 150 valence electrons. The molecule has 0 bridgehead atoms. The Kier molecular flexibility index (Phi) is 4.52. The summed E-state index contributed by atoms with van der Waals surface area (Å²) in [6.45, 7) is 0.393. The van der Waals surface area contributed by atoms with E-state index in [0.29, 0.717) is 41.4 Å². The third-order valence-corrected chi connectivity index (χ3v) is 4.81. The Labute approximate surface area is 163 Å². The van der Waals surface area contributed by atoms with E-state index < -0.39 is 12.3 Å². The van der Waals surface area contributed by atoms with Gasteiger partial charge in [-0.2, -0.15) is 5.10 Å². The van der Waals surface area contributed by atoms with Crippen LogP contribution in [-0.2, 0) is 13.5 Å². The van der Waals surface area contributed by atoms with Crippen molar-refractivity contribution >= 4 is 22.4 Å². The second-order valence-electron chi connectivity index (χ2n) is 6.72. The lowest BCUT2D eigenvalue weighted by molar-refractivity contribution is -0.274. The Morgan fingerprint density at radius 3 is 2.59 bits per heavy atom. The standard InChI is InChI=1S/C20H16F3N3O3/c1-25-18(27)15-7-3-2-6-14(15)17(24-25)19(28)26-10-4-5-12-11-13(8-9-16(12)26)29-20(21,22)23/h2-3,6-9,11H,4-5,10H2,1H3. The molecule has 0 N–H and O–H groups in total. The lowest BCUT2D eigenvalue weighted by Gasteiger charge is -2.30. The molecule has 0 radical (unpaired) electrons. The first-order valence-corrected chi connectivity index (χ1v) is 8.91. The molecule has 0 unspecified atom stereocenters. The van der Waals surface area contributed by atoms with Crippen molar-refractivity contribution in [1.29, 1.82) is 0 Å². The average Bonchev–Trinajstić information content (AvgIpc) is 2.68. The van der Waals surface area contributed by atoms with Gasteiger partial charge in [0.05, 0.1) is 5.39 Å². The summed E-state index contributed by atoms with van der Waals surface area (Å²) in [6.07, 6.45) is -3.68. The average molecular weight is 403 g/mol. The smallest absolute Gasteiger partial charge is 0.406 e. The molecule has 3 aromatic rings. The van der Waals surface area contributed by atoms with Crippen LogP contribution in [0.1, 0.15) is 22.5 Å². The second-order valence-corrected chi connectivity index (χ2v) is 6.72. The SMILES string of the molecule is Cn1nc(C(=O)N2CCCc3cc(OC(F)(F)F)ccc32)c2ccccc2c1=O. The Balaban J connectivity index is 1.76. The second kappa shape index (κ2) is 6.91. The fraction of sp³-hybridized carbons (Fsp3) is 0.250. The van der Waals surface area contributed by atoms with Crippen molar-refractivity contribution in [3.05, 3.63) is 64.1 Å². The molecule has 0 aliphatic carbocycles. The molecule has 1 aromatic heterocycles. The first-order valence-electron chi connectivity index (χ1n) is 8.91. The minimum atomic E-state index is -4.78. The van der Waals surface area contributed by atoms with E-state index in [1.165, 1.54) is 30.1 Å². The number of hydrogen-bond acceptors (Lipinski definition) is 4. The number of carbonyl (C=O) groups is 1. The number of fused-ring (bicyclic) bond motifs is 2. The van der Waals surface area contributed by atoms with Gasteiger partial charge >= 0.3 is 6.36 Å². The van der Waals surface area contributed by atoms with Gasteiger partial charge in [0, 0.05) is 24.7 Å². The molecule has 1 aliphatic rings. The van der Waals surface area contributed by atoms with Crippen LogP contribution in [0.15, 0.2) is 47.3 Å². The van der Waals surface area contributed by atoms with Crippen molar-refractivity contribution in [2.45, 2.75) is 19.2 Å². The minimum Gasteiger partial charge on any atom is -0.406 e. The zero-order valence-corrected chi connectivity index (χ0v) is 15.4. The molecule has 6 nitrogen and oxygen atoms in total. The highest BCUT2D eigenvalue weighted by Crippen LogP contribution is 2.33. The summed E-state index contributed by atoms with van der Waals surface area (Å²) in [5, 5.41) is 4.96. The van der Waals surface area contributed by atoms with Crippen LogP contribution in [0.3, 0.4) is 0 Å². The number of benzene rings is 2. The zero-order valence-electron chi connectivity index (χ0n) is 15.4. The summed E-state index contributed by atoms with van der Waals surface area (Å²) >= 11 is 0. The third-order valence-electron chi connectivity index (χ3n) is 4.81. The highest BCUT2D eigenvalue weighted by Gasteiger charge is 2.32. The van der Waals surface area contributed by atoms with E-state index in [9.17, 15) is 22.8 Å². The molecule has 2 aromatic carbocycles. The number of ether oxygens (including phenoxy) is 1. The summed E-state index contributed by atoms with van der Waals surface area (Å²) in [5.74, 6) is -0.738. The highest BCUT2D eigenvalue weighted by atomic mass is 19.4. The van der Waals surface area contributed by atoms with Crippen LogP contribution in [0.25, 0.3) is 10.8 Å². The summed E-state index contributed by atoms with van der Waals surface area (Å²) < 4.78 is 42.6. The van der Waals surface area contributed by atoms with Gasteiger partial charge in [-0.3, -0.25) is 9.59 Å². The number of hydrogen-bond donors (Lipinski definition) is 0. The van der Waals surface area contributed by atoms with Gasteiger partial charge in [-0.25, -0.2) is 4.68 Å². The summed E-state index contributed by atoms with van der Waals surface area (Å²) in [5.41, 5.74) is 0.896. The van der Waals surface area contributed by atoms with Crippen molar-refractivity contribution in [3.63, 3.8) is 0 Å². The van der Waals surface area contributed by atoms with Gasteiger partial charge in [0.1, 0.15) is 5.75 Å². The van der Waals surface area contributed by atoms with Crippen LogP contribution in [0.5, 0.6) is 5.75 Å². The molecule has 0 fully saturated rings. The van der Waals surface area contributed by atoms with Gasteiger partial charge < -0.3 is 9.64 Å². The molecule has 4 rings (SSSR count). The van der Waals surface area contributed by atoms with Crippen molar-refractivity contribution in [1.82, 2.24) is 9.78 Å². The Morgan fingerprint density at radius 1 is 1.14 bits per heavy atom. The van der Waals surface area contributed by atoms with Crippen molar-refractivity contribution in [3.8, 4) is 5.75 Å². The molecule has 1 amide bonds. The molecular formula is C20H16F3N3O3. The van der Waals surface area contributed by atoms with Gasteiger partial charge in [-0.15, -0.1) is 13.2 Å². The van der Waals surface area contributed by atoms with Gasteiger partial charge in [0.15, 0.2) is 5.69 Å². The normalized spacial score (nSPS) is 14.0. The van der Waals surface area contributed by atoms with E-state index >= 15 is 0 Å². The van der Waals surface area contributed by atoms with Gasteiger partial charge in [-0.05, 0) is 42.7 Å². The number of rotatable bonds is 2. The highest BCUT2D eigenvalue weighted by molar-refractivity contribution is 6.12. The van der Waals surface area contributed by atoms with E-state index in [2.05, 4.69) is 9.84 Å². The van der Waals surface area contributed by atoms with Gasteiger partial charge in [0.25, 0.3) is 11.5 Å². The van der Waals surface area contributed by atoms with Crippen LogP contribution in [0.4, 0.5) is 18.9 Å². The predicted molar refractivity (Wildman–Crippen MR) is 100 cm³/mol. The lowest BCUT2D eigenvalue weighted by atomic mass is 10.0.